The van der Waals surface area contributed by atoms with E-state index in [1.165, 1.54) is 0 Å². The number of benzene rings is 1. The quantitative estimate of drug-likeness (QED) is 0.786. The van der Waals surface area contributed by atoms with Gasteiger partial charge >= 0.3 is 0 Å². The van der Waals surface area contributed by atoms with Gasteiger partial charge in [-0.2, -0.15) is 0 Å². The second-order valence-corrected chi connectivity index (χ2v) is 5.45. The van der Waals surface area contributed by atoms with E-state index < -0.39 is 0 Å². The van der Waals surface area contributed by atoms with Gasteiger partial charge in [0.15, 0.2) is 11.0 Å². The van der Waals surface area contributed by atoms with Crippen LogP contribution in [-0.4, -0.2) is 36.4 Å². The van der Waals surface area contributed by atoms with E-state index in [1.807, 2.05) is 13.0 Å². The molecule has 1 amide bonds. The first kappa shape index (κ1) is 12.7. The standard InChI is InChI=1S/C13H17N5O2/c1-13(12(19)15-2)5-6-18(7-13)9-4-3-8(14)10-11(9)17-20-16-10/h3-4H,5-7,14H2,1-2H3,(H,15,19). The lowest BCUT2D eigenvalue weighted by atomic mass is 9.89. The summed E-state index contributed by atoms with van der Waals surface area (Å²) in [4.78, 5) is 14.1. The maximum Gasteiger partial charge on any atom is 0.227 e. The van der Waals surface area contributed by atoms with Crippen molar-refractivity contribution in [2.24, 2.45) is 5.41 Å². The van der Waals surface area contributed by atoms with Crippen molar-refractivity contribution >= 4 is 28.3 Å². The minimum atomic E-state index is -0.389. The number of hydrogen-bond donors (Lipinski definition) is 2. The van der Waals surface area contributed by atoms with Crippen molar-refractivity contribution in [2.75, 3.05) is 30.8 Å². The second kappa shape index (κ2) is 4.36. The third-order valence-corrected chi connectivity index (χ3v) is 4.01. The van der Waals surface area contributed by atoms with Crippen molar-refractivity contribution in [3.05, 3.63) is 12.1 Å². The lowest BCUT2D eigenvalue weighted by Gasteiger charge is -2.23. The van der Waals surface area contributed by atoms with Crippen molar-refractivity contribution in [1.29, 1.82) is 0 Å². The molecule has 3 rings (SSSR count). The molecule has 2 heterocycles. The predicted molar refractivity (Wildman–Crippen MR) is 75.2 cm³/mol. The largest absolute Gasteiger partial charge is 0.397 e. The summed E-state index contributed by atoms with van der Waals surface area (Å²) in [6.07, 6.45) is 0.795. The maximum atomic E-state index is 12.0. The number of nitrogen functional groups attached to an aromatic ring is 1. The van der Waals surface area contributed by atoms with Gasteiger partial charge in [-0.05, 0) is 35.8 Å². The number of fused-ring (bicyclic) bond motifs is 1. The van der Waals surface area contributed by atoms with Gasteiger partial charge in [0.1, 0.15) is 0 Å². The van der Waals surface area contributed by atoms with Crippen LogP contribution in [0.4, 0.5) is 11.4 Å². The first-order valence-corrected chi connectivity index (χ1v) is 6.53. The van der Waals surface area contributed by atoms with Crippen molar-refractivity contribution < 1.29 is 9.42 Å². The van der Waals surface area contributed by atoms with E-state index in [0.717, 1.165) is 18.7 Å². The van der Waals surface area contributed by atoms with Crippen molar-refractivity contribution in [3.63, 3.8) is 0 Å². The summed E-state index contributed by atoms with van der Waals surface area (Å²) in [5, 5.41) is 10.5. The molecule has 0 saturated carbocycles. The van der Waals surface area contributed by atoms with E-state index in [-0.39, 0.29) is 11.3 Å². The van der Waals surface area contributed by atoms with Gasteiger partial charge < -0.3 is 16.0 Å². The van der Waals surface area contributed by atoms with E-state index in [4.69, 9.17) is 10.4 Å². The number of anilines is 2. The van der Waals surface area contributed by atoms with E-state index >= 15 is 0 Å². The van der Waals surface area contributed by atoms with Crippen molar-refractivity contribution in [2.45, 2.75) is 13.3 Å². The molecule has 1 aliphatic heterocycles. The first-order chi connectivity index (χ1) is 9.55. The van der Waals surface area contributed by atoms with Gasteiger partial charge in [-0.15, -0.1) is 0 Å². The highest BCUT2D eigenvalue weighted by atomic mass is 16.6. The van der Waals surface area contributed by atoms with Gasteiger partial charge in [0.2, 0.25) is 5.91 Å². The number of aromatic nitrogens is 2. The minimum Gasteiger partial charge on any atom is -0.397 e. The normalized spacial score (nSPS) is 22.4. The van der Waals surface area contributed by atoms with Gasteiger partial charge in [0, 0.05) is 20.1 Å². The van der Waals surface area contributed by atoms with Crippen molar-refractivity contribution in [1.82, 2.24) is 15.6 Å². The molecule has 1 aliphatic rings. The van der Waals surface area contributed by atoms with Gasteiger partial charge in [0.25, 0.3) is 0 Å². The molecule has 0 radical (unpaired) electrons. The highest BCUT2D eigenvalue weighted by molar-refractivity contribution is 5.96. The average Bonchev–Trinajstić information content (AvgIpc) is 3.06. The van der Waals surface area contributed by atoms with E-state index in [9.17, 15) is 4.79 Å². The van der Waals surface area contributed by atoms with Gasteiger partial charge in [-0.3, -0.25) is 4.79 Å². The van der Waals surface area contributed by atoms with E-state index in [1.54, 1.807) is 13.1 Å². The average molecular weight is 275 g/mol. The molecule has 1 atom stereocenters. The summed E-state index contributed by atoms with van der Waals surface area (Å²) >= 11 is 0. The Hall–Kier alpha value is -2.31. The Morgan fingerprint density at radius 1 is 1.45 bits per heavy atom. The number of hydrogen-bond acceptors (Lipinski definition) is 6. The fraction of sp³-hybridized carbons (Fsp3) is 0.462. The number of nitrogens with one attached hydrogen (secondary N) is 1. The summed E-state index contributed by atoms with van der Waals surface area (Å²) in [7, 11) is 1.67. The molecule has 0 spiro atoms. The summed E-state index contributed by atoms with van der Waals surface area (Å²) in [5.41, 5.74) is 8.11. The Balaban J connectivity index is 1.96. The third-order valence-electron chi connectivity index (χ3n) is 4.01. The zero-order valence-electron chi connectivity index (χ0n) is 11.5. The third kappa shape index (κ3) is 1.77. The van der Waals surface area contributed by atoms with E-state index in [2.05, 4.69) is 20.5 Å². The Morgan fingerprint density at radius 3 is 2.95 bits per heavy atom. The molecule has 3 N–H and O–H groups in total. The van der Waals surface area contributed by atoms with Crippen LogP contribution in [0.25, 0.3) is 11.0 Å². The van der Waals surface area contributed by atoms with E-state index in [0.29, 0.717) is 23.3 Å². The molecule has 1 aromatic carbocycles. The number of nitrogens with zero attached hydrogens (tertiary/aromatic N) is 3. The Morgan fingerprint density at radius 2 is 2.20 bits per heavy atom. The summed E-state index contributed by atoms with van der Waals surface area (Å²) in [6, 6.07) is 3.69. The fourth-order valence-corrected chi connectivity index (χ4v) is 2.78. The number of rotatable bonds is 2. The lowest BCUT2D eigenvalue weighted by Crippen LogP contribution is -2.39. The molecular weight excluding hydrogens is 258 g/mol. The highest BCUT2D eigenvalue weighted by Gasteiger charge is 2.40. The van der Waals surface area contributed by atoms with Crippen LogP contribution in [0, 0.1) is 5.41 Å². The van der Waals surface area contributed by atoms with Crippen LogP contribution >= 0.6 is 0 Å². The SMILES string of the molecule is CNC(=O)C1(C)CCN(c2ccc(N)c3nonc23)C1. The minimum absolute atomic E-state index is 0.0602. The van der Waals surface area contributed by atoms with Crippen LogP contribution in [0.5, 0.6) is 0 Å². The van der Waals surface area contributed by atoms with Crippen LogP contribution in [-0.2, 0) is 4.79 Å². The summed E-state index contributed by atoms with van der Waals surface area (Å²) < 4.78 is 4.78. The predicted octanol–water partition coefficient (Wildman–Crippen LogP) is 0.767. The van der Waals surface area contributed by atoms with Crippen molar-refractivity contribution in [3.8, 4) is 0 Å². The molecular formula is C13H17N5O2. The molecule has 7 heteroatoms. The lowest BCUT2D eigenvalue weighted by molar-refractivity contribution is -0.128. The number of carbonyl (C=O) groups is 1. The molecule has 1 unspecified atom stereocenters. The topological polar surface area (TPSA) is 97.3 Å². The monoisotopic (exact) mass is 275 g/mol. The molecule has 0 aliphatic carbocycles. The first-order valence-electron chi connectivity index (χ1n) is 6.53. The Kier molecular flexibility index (Phi) is 2.77. The van der Waals surface area contributed by atoms with Gasteiger partial charge in [0.05, 0.1) is 16.8 Å². The number of carbonyl (C=O) groups excluding carboxylic acids is 1. The fourth-order valence-electron chi connectivity index (χ4n) is 2.78. The molecule has 2 aromatic rings. The summed E-state index contributed by atoms with van der Waals surface area (Å²) in [5.74, 6) is 0.0602. The van der Waals surface area contributed by atoms with Gasteiger partial charge in [-0.1, -0.05) is 0 Å². The molecule has 106 valence electrons. The van der Waals surface area contributed by atoms with Crippen LogP contribution in [0.15, 0.2) is 16.8 Å². The maximum absolute atomic E-state index is 12.0. The Bertz CT molecular complexity index is 668. The smallest absolute Gasteiger partial charge is 0.227 e. The van der Waals surface area contributed by atoms with Gasteiger partial charge in [-0.25, -0.2) is 4.63 Å². The van der Waals surface area contributed by atoms with Crippen LogP contribution in [0.2, 0.25) is 0 Å². The Labute approximate surface area is 116 Å². The van der Waals surface area contributed by atoms with Crippen LogP contribution in [0.1, 0.15) is 13.3 Å². The molecule has 7 nitrogen and oxygen atoms in total. The summed E-state index contributed by atoms with van der Waals surface area (Å²) in [6.45, 7) is 3.40. The second-order valence-electron chi connectivity index (χ2n) is 5.45. The highest BCUT2D eigenvalue weighted by Crippen LogP contribution is 2.36. The molecule has 1 aromatic heterocycles. The number of nitrogens with two attached hydrogens (primary N) is 1. The molecule has 1 saturated heterocycles. The molecule has 20 heavy (non-hydrogen) atoms. The van der Waals surface area contributed by atoms with Crippen LogP contribution in [0.3, 0.4) is 0 Å². The van der Waals surface area contributed by atoms with Crippen LogP contribution < -0.4 is 16.0 Å². The molecule has 1 fully saturated rings. The zero-order valence-corrected chi connectivity index (χ0v) is 11.5. The zero-order chi connectivity index (χ0) is 14.3. The molecule has 0 bridgehead atoms. The number of amides is 1.